The molecule has 0 unspecified atom stereocenters. The van der Waals surface area contributed by atoms with E-state index in [4.69, 9.17) is 9.84 Å². The van der Waals surface area contributed by atoms with Crippen LogP contribution in [0.5, 0.6) is 0 Å². The van der Waals surface area contributed by atoms with Gasteiger partial charge in [-0.15, -0.1) is 0 Å². The van der Waals surface area contributed by atoms with E-state index in [1.54, 1.807) is 0 Å². The van der Waals surface area contributed by atoms with Crippen molar-refractivity contribution in [3.63, 3.8) is 0 Å². The third-order valence-corrected chi connectivity index (χ3v) is 3.30. The van der Waals surface area contributed by atoms with Gasteiger partial charge in [0.05, 0.1) is 19.8 Å². The van der Waals surface area contributed by atoms with E-state index in [0.29, 0.717) is 23.6 Å². The highest BCUT2D eigenvalue weighted by atomic mass is 16.5. The lowest BCUT2D eigenvalue weighted by Gasteiger charge is -2.40. The van der Waals surface area contributed by atoms with E-state index in [2.05, 4.69) is 13.8 Å². The summed E-state index contributed by atoms with van der Waals surface area (Å²) in [5.41, 5.74) is 0. The van der Waals surface area contributed by atoms with Gasteiger partial charge in [-0.25, -0.2) is 4.79 Å². The first kappa shape index (κ1) is 13.5. The fourth-order valence-corrected chi connectivity index (χ4v) is 2.31. The van der Waals surface area contributed by atoms with E-state index >= 15 is 0 Å². The molecule has 0 saturated carbocycles. The van der Waals surface area contributed by atoms with Crippen LogP contribution in [0.3, 0.4) is 0 Å². The number of carboxylic acid groups (broad SMARTS) is 1. The number of morpholine rings is 1. The van der Waals surface area contributed by atoms with Gasteiger partial charge in [-0.3, -0.25) is 0 Å². The van der Waals surface area contributed by atoms with E-state index in [9.17, 15) is 4.79 Å². The van der Waals surface area contributed by atoms with E-state index < -0.39 is 5.97 Å². The molecule has 4 nitrogen and oxygen atoms in total. The summed E-state index contributed by atoms with van der Waals surface area (Å²) in [5, 5.41) is 8.98. The van der Waals surface area contributed by atoms with E-state index in [1.807, 2.05) is 0 Å². The molecule has 0 aliphatic carbocycles. The maximum Gasteiger partial charge on any atom is 0.359 e. The van der Waals surface area contributed by atoms with Crippen molar-refractivity contribution >= 4 is 5.97 Å². The van der Waals surface area contributed by atoms with Gasteiger partial charge < -0.3 is 14.3 Å². The summed E-state index contributed by atoms with van der Waals surface area (Å²) in [6.45, 7) is 8.76. The smallest absolute Gasteiger partial charge is 0.359 e. The van der Waals surface area contributed by atoms with Gasteiger partial charge in [-0.2, -0.15) is 0 Å². The summed E-state index contributed by atoms with van der Waals surface area (Å²) in [5.74, 6) is 0.0114. The average molecular weight is 230 g/mol. The molecule has 4 heteroatoms. The standard InChI is InChI=1S/C12H23NO3/c1-11(2)4-3-5-13(10-12(14)15)6-8-16-9-7-13/h11H,3-10H2,1-2H3/p+1. The Kier molecular flexibility index (Phi) is 5.22. The van der Waals surface area contributed by atoms with Crippen molar-refractivity contribution in [2.75, 3.05) is 39.4 Å². The van der Waals surface area contributed by atoms with Crippen LogP contribution >= 0.6 is 0 Å². The molecular formula is C12H24NO3+. The molecule has 0 spiro atoms. The quantitative estimate of drug-likeness (QED) is 0.701. The van der Waals surface area contributed by atoms with Crippen LogP contribution in [-0.4, -0.2) is 55.0 Å². The molecule has 1 N–H and O–H groups in total. The van der Waals surface area contributed by atoms with E-state index in [-0.39, 0.29) is 6.54 Å². The topological polar surface area (TPSA) is 46.5 Å². The molecule has 0 bridgehead atoms. The van der Waals surface area contributed by atoms with Crippen molar-refractivity contribution in [1.82, 2.24) is 0 Å². The first-order valence-corrected chi connectivity index (χ1v) is 6.19. The number of quaternary nitrogens is 1. The minimum absolute atomic E-state index is 0.251. The number of aliphatic carboxylic acids is 1. The van der Waals surface area contributed by atoms with Crippen molar-refractivity contribution in [2.45, 2.75) is 26.7 Å². The Morgan fingerprint density at radius 2 is 2.00 bits per heavy atom. The van der Waals surface area contributed by atoms with Crippen LogP contribution in [0.25, 0.3) is 0 Å². The first-order chi connectivity index (χ1) is 7.54. The number of carboxylic acids is 1. The maximum absolute atomic E-state index is 10.9. The molecule has 0 amide bonds. The number of hydrogen-bond acceptors (Lipinski definition) is 2. The number of nitrogens with zero attached hydrogens (tertiary/aromatic N) is 1. The molecule has 1 rings (SSSR count). The zero-order valence-corrected chi connectivity index (χ0v) is 10.4. The molecule has 16 heavy (non-hydrogen) atoms. The molecule has 1 saturated heterocycles. The second-order valence-electron chi connectivity index (χ2n) is 5.21. The third kappa shape index (κ3) is 4.49. The molecule has 0 atom stereocenters. The van der Waals surface area contributed by atoms with Gasteiger partial charge in [0.2, 0.25) is 0 Å². The molecule has 1 aliphatic rings. The number of hydrogen-bond donors (Lipinski definition) is 1. The molecule has 0 aromatic carbocycles. The molecular weight excluding hydrogens is 206 g/mol. The molecule has 1 heterocycles. The van der Waals surface area contributed by atoms with Crippen LogP contribution in [0.2, 0.25) is 0 Å². The van der Waals surface area contributed by atoms with E-state index in [1.165, 1.54) is 6.42 Å². The predicted molar refractivity (Wildman–Crippen MR) is 62.3 cm³/mol. The Morgan fingerprint density at radius 3 is 2.50 bits per heavy atom. The van der Waals surface area contributed by atoms with Crippen LogP contribution < -0.4 is 0 Å². The second kappa shape index (κ2) is 6.21. The highest BCUT2D eigenvalue weighted by molar-refractivity contribution is 5.67. The number of rotatable bonds is 6. The van der Waals surface area contributed by atoms with Crippen molar-refractivity contribution in [1.29, 1.82) is 0 Å². The molecule has 94 valence electrons. The van der Waals surface area contributed by atoms with Crippen LogP contribution in [0.15, 0.2) is 0 Å². The van der Waals surface area contributed by atoms with Crippen molar-refractivity contribution in [2.24, 2.45) is 5.92 Å². The van der Waals surface area contributed by atoms with Gasteiger partial charge in [0, 0.05) is 0 Å². The normalized spacial score (nSPS) is 19.9. The van der Waals surface area contributed by atoms with E-state index in [0.717, 1.165) is 26.1 Å². The zero-order chi connectivity index (χ0) is 12.0. The SMILES string of the molecule is CC(C)CCC[N+]1(CC(=O)O)CCOCC1. The number of ether oxygens (including phenoxy) is 1. The predicted octanol–water partition coefficient (Wildman–Crippen LogP) is 1.35. The average Bonchev–Trinajstić information content (AvgIpc) is 2.17. The van der Waals surface area contributed by atoms with Gasteiger partial charge in [0.15, 0.2) is 6.54 Å². The molecule has 1 fully saturated rings. The summed E-state index contributed by atoms with van der Waals surface area (Å²) in [4.78, 5) is 10.9. The van der Waals surface area contributed by atoms with Crippen LogP contribution in [0.4, 0.5) is 0 Å². The van der Waals surface area contributed by atoms with Crippen LogP contribution in [0, 0.1) is 5.92 Å². The fourth-order valence-electron chi connectivity index (χ4n) is 2.31. The Hall–Kier alpha value is -0.610. The van der Waals surface area contributed by atoms with Crippen LogP contribution in [-0.2, 0) is 9.53 Å². The van der Waals surface area contributed by atoms with Gasteiger partial charge >= 0.3 is 5.97 Å². The van der Waals surface area contributed by atoms with Gasteiger partial charge in [0.1, 0.15) is 13.1 Å². The molecule has 0 radical (unpaired) electrons. The summed E-state index contributed by atoms with van der Waals surface area (Å²) in [6, 6.07) is 0. The minimum Gasteiger partial charge on any atom is -0.477 e. The monoisotopic (exact) mass is 230 g/mol. The third-order valence-electron chi connectivity index (χ3n) is 3.30. The lowest BCUT2D eigenvalue weighted by molar-refractivity contribution is -0.928. The van der Waals surface area contributed by atoms with Gasteiger partial charge in [-0.05, 0) is 18.8 Å². The fraction of sp³-hybridized carbons (Fsp3) is 0.917. The van der Waals surface area contributed by atoms with Crippen molar-refractivity contribution in [3.05, 3.63) is 0 Å². The summed E-state index contributed by atoms with van der Waals surface area (Å²) in [7, 11) is 0. The highest BCUT2D eigenvalue weighted by Gasteiger charge is 2.32. The van der Waals surface area contributed by atoms with Crippen molar-refractivity contribution in [3.8, 4) is 0 Å². The van der Waals surface area contributed by atoms with Gasteiger partial charge in [-0.1, -0.05) is 13.8 Å². The lowest BCUT2D eigenvalue weighted by atomic mass is 10.1. The molecule has 0 aromatic rings. The lowest BCUT2D eigenvalue weighted by Crippen LogP contribution is -2.57. The Labute approximate surface area is 97.8 Å². The molecule has 1 aliphatic heterocycles. The zero-order valence-electron chi connectivity index (χ0n) is 10.4. The largest absolute Gasteiger partial charge is 0.477 e. The summed E-state index contributed by atoms with van der Waals surface area (Å²) < 4.78 is 6.04. The van der Waals surface area contributed by atoms with Crippen LogP contribution in [0.1, 0.15) is 26.7 Å². The summed E-state index contributed by atoms with van der Waals surface area (Å²) >= 11 is 0. The number of carbonyl (C=O) groups is 1. The Bertz CT molecular complexity index is 222. The Balaban J connectivity index is 2.45. The molecule has 0 aromatic heterocycles. The van der Waals surface area contributed by atoms with Gasteiger partial charge in [0.25, 0.3) is 0 Å². The Morgan fingerprint density at radius 1 is 1.38 bits per heavy atom. The first-order valence-electron chi connectivity index (χ1n) is 6.19. The second-order valence-corrected chi connectivity index (χ2v) is 5.21. The minimum atomic E-state index is -0.688. The highest BCUT2D eigenvalue weighted by Crippen LogP contribution is 2.15. The maximum atomic E-state index is 10.9. The van der Waals surface area contributed by atoms with Crippen molar-refractivity contribution < 1.29 is 19.1 Å². The summed E-state index contributed by atoms with van der Waals surface area (Å²) in [6.07, 6.45) is 2.30.